The summed E-state index contributed by atoms with van der Waals surface area (Å²) in [6, 6.07) is 11.2. The third-order valence-corrected chi connectivity index (χ3v) is 4.75. The number of aryl methyl sites for hydroxylation is 1. The van der Waals surface area contributed by atoms with Crippen molar-refractivity contribution in [2.45, 2.75) is 33.3 Å². The molecule has 2 aromatic carbocycles. The van der Waals surface area contributed by atoms with Gasteiger partial charge in [-0.3, -0.25) is 9.67 Å². The molecule has 7 nitrogen and oxygen atoms in total. The lowest BCUT2D eigenvalue weighted by molar-refractivity contribution is 0.288. The third-order valence-electron chi connectivity index (χ3n) is 4.47. The molecule has 3 rings (SSSR count). The minimum absolute atomic E-state index is 0.172. The van der Waals surface area contributed by atoms with Crippen molar-refractivity contribution < 1.29 is 9.47 Å². The first-order chi connectivity index (χ1) is 13.5. The standard InChI is InChI=1S/C20H22N4O3S/c1-12(2)14-10-15(23-25)13(3)9-18(14)27-11-19-21-22-20(28)24(19)16-7-5-6-8-17(16)26-4/h5-10,12H,11H2,1-4H3,(H,22,28). The number of aromatic nitrogens is 3. The quantitative estimate of drug-likeness (QED) is 0.429. The molecule has 3 aromatic rings. The first kappa shape index (κ1) is 19.8. The number of hydrogen-bond acceptors (Lipinski definition) is 6. The molecule has 0 unspecified atom stereocenters. The lowest BCUT2D eigenvalue weighted by Crippen LogP contribution is -2.08. The number of hydrogen-bond donors (Lipinski definition) is 1. The summed E-state index contributed by atoms with van der Waals surface area (Å²) in [6.07, 6.45) is 0. The van der Waals surface area contributed by atoms with E-state index >= 15 is 0 Å². The Morgan fingerprint density at radius 3 is 2.68 bits per heavy atom. The zero-order valence-corrected chi connectivity index (χ0v) is 17.0. The van der Waals surface area contributed by atoms with E-state index in [0.717, 1.165) is 16.8 Å². The van der Waals surface area contributed by atoms with E-state index in [4.69, 9.17) is 21.7 Å². The van der Waals surface area contributed by atoms with E-state index in [1.165, 1.54) is 0 Å². The number of ether oxygens (including phenoxy) is 2. The molecular formula is C20H22N4O3S. The summed E-state index contributed by atoms with van der Waals surface area (Å²) in [4.78, 5) is 11.0. The number of nitrogens with one attached hydrogen (secondary N) is 1. The summed E-state index contributed by atoms with van der Waals surface area (Å²) in [5, 5.41) is 10.2. The van der Waals surface area contributed by atoms with Gasteiger partial charge in [-0.25, -0.2) is 0 Å². The van der Waals surface area contributed by atoms with Crippen LogP contribution >= 0.6 is 12.2 Å². The van der Waals surface area contributed by atoms with Crippen molar-refractivity contribution in [2.75, 3.05) is 7.11 Å². The van der Waals surface area contributed by atoms with E-state index in [1.54, 1.807) is 17.7 Å². The van der Waals surface area contributed by atoms with Crippen molar-refractivity contribution in [1.29, 1.82) is 0 Å². The Hall–Kier alpha value is -3.00. The highest BCUT2D eigenvalue weighted by Gasteiger charge is 2.16. The van der Waals surface area contributed by atoms with E-state index in [1.807, 2.05) is 51.1 Å². The average Bonchev–Trinajstić information content (AvgIpc) is 3.06. The Morgan fingerprint density at radius 1 is 1.25 bits per heavy atom. The van der Waals surface area contributed by atoms with Crippen molar-refractivity contribution in [1.82, 2.24) is 14.8 Å². The van der Waals surface area contributed by atoms with Crippen molar-refractivity contribution in [2.24, 2.45) is 5.18 Å². The third kappa shape index (κ3) is 3.82. The second kappa shape index (κ2) is 8.35. The summed E-state index contributed by atoms with van der Waals surface area (Å²) >= 11 is 5.40. The molecule has 0 radical (unpaired) electrons. The molecule has 146 valence electrons. The monoisotopic (exact) mass is 398 g/mol. The zero-order valence-electron chi connectivity index (χ0n) is 16.2. The Labute approximate surface area is 168 Å². The second-order valence-corrected chi connectivity index (χ2v) is 7.05. The van der Waals surface area contributed by atoms with Gasteiger partial charge in [0, 0.05) is 0 Å². The molecule has 0 saturated carbocycles. The molecule has 0 atom stereocenters. The van der Waals surface area contributed by atoms with Crippen LogP contribution in [0.4, 0.5) is 5.69 Å². The minimum Gasteiger partial charge on any atom is -0.495 e. The Kier molecular flexibility index (Phi) is 5.89. The Bertz CT molecular complexity index is 1060. The van der Waals surface area contributed by atoms with E-state index in [9.17, 15) is 4.91 Å². The zero-order chi connectivity index (χ0) is 20.3. The van der Waals surface area contributed by atoms with Crippen LogP contribution in [0.5, 0.6) is 11.5 Å². The van der Waals surface area contributed by atoms with Gasteiger partial charge in [-0.15, -0.1) is 4.91 Å². The number of methoxy groups -OCH3 is 1. The largest absolute Gasteiger partial charge is 0.495 e. The number of nitroso groups, excluding NO2 is 1. The van der Waals surface area contributed by atoms with Crippen LogP contribution in [0.25, 0.3) is 5.69 Å². The van der Waals surface area contributed by atoms with Crippen LogP contribution in [0.3, 0.4) is 0 Å². The number of H-pyrrole nitrogens is 1. The molecule has 0 saturated heterocycles. The van der Waals surface area contributed by atoms with Crippen molar-refractivity contribution in [3.8, 4) is 17.2 Å². The molecule has 0 aliphatic rings. The van der Waals surface area contributed by atoms with Gasteiger partial charge in [-0.1, -0.05) is 26.0 Å². The fourth-order valence-electron chi connectivity index (χ4n) is 2.99. The average molecular weight is 398 g/mol. The summed E-state index contributed by atoms with van der Waals surface area (Å²) in [5.74, 6) is 2.16. The molecule has 0 fully saturated rings. The summed E-state index contributed by atoms with van der Waals surface area (Å²) in [7, 11) is 1.61. The van der Waals surface area contributed by atoms with Gasteiger partial charge in [0.1, 0.15) is 23.8 Å². The van der Waals surface area contributed by atoms with Crippen LogP contribution in [-0.4, -0.2) is 21.9 Å². The summed E-state index contributed by atoms with van der Waals surface area (Å²) < 4.78 is 13.8. The highest BCUT2D eigenvalue weighted by atomic mass is 32.1. The normalized spacial score (nSPS) is 10.9. The van der Waals surface area contributed by atoms with Crippen molar-refractivity contribution >= 4 is 17.9 Å². The maximum absolute atomic E-state index is 11.0. The molecule has 0 aliphatic heterocycles. The predicted molar refractivity (Wildman–Crippen MR) is 110 cm³/mol. The van der Waals surface area contributed by atoms with Crippen LogP contribution in [0.2, 0.25) is 0 Å². The van der Waals surface area contributed by atoms with Crippen LogP contribution < -0.4 is 9.47 Å². The fourth-order valence-corrected chi connectivity index (χ4v) is 3.24. The smallest absolute Gasteiger partial charge is 0.200 e. The molecule has 0 spiro atoms. The van der Waals surface area contributed by atoms with Gasteiger partial charge in [-0.05, 0) is 65.6 Å². The van der Waals surface area contributed by atoms with Gasteiger partial charge < -0.3 is 9.47 Å². The van der Waals surface area contributed by atoms with Crippen molar-refractivity contribution in [3.63, 3.8) is 0 Å². The second-order valence-electron chi connectivity index (χ2n) is 6.66. The van der Waals surface area contributed by atoms with Crippen LogP contribution in [-0.2, 0) is 6.61 Å². The molecule has 1 N–H and O–H groups in total. The van der Waals surface area contributed by atoms with Crippen molar-refractivity contribution in [3.05, 3.63) is 63.0 Å². The number of para-hydroxylation sites is 2. The predicted octanol–water partition coefficient (Wildman–Crippen LogP) is 5.35. The van der Waals surface area contributed by atoms with E-state index in [-0.39, 0.29) is 12.5 Å². The summed E-state index contributed by atoms with van der Waals surface area (Å²) in [6.45, 7) is 6.10. The Morgan fingerprint density at radius 2 is 2.00 bits per heavy atom. The van der Waals surface area contributed by atoms with E-state index < -0.39 is 0 Å². The van der Waals surface area contributed by atoms with Gasteiger partial charge in [0.25, 0.3) is 0 Å². The van der Waals surface area contributed by atoms with E-state index in [2.05, 4.69) is 15.4 Å². The first-order valence-electron chi connectivity index (χ1n) is 8.86. The molecule has 0 amide bonds. The molecule has 1 aromatic heterocycles. The van der Waals surface area contributed by atoms with Crippen LogP contribution in [0.15, 0.2) is 41.6 Å². The highest BCUT2D eigenvalue weighted by Crippen LogP contribution is 2.34. The SMILES string of the molecule is COc1ccccc1-n1c(COc2cc(C)c(N=O)cc2C(C)C)n[nH]c1=S. The number of rotatable bonds is 7. The van der Waals surface area contributed by atoms with Gasteiger partial charge >= 0.3 is 0 Å². The van der Waals surface area contributed by atoms with Gasteiger partial charge in [-0.2, -0.15) is 5.10 Å². The van der Waals surface area contributed by atoms with E-state index in [0.29, 0.717) is 27.8 Å². The maximum atomic E-state index is 11.0. The summed E-state index contributed by atoms with van der Waals surface area (Å²) in [5.41, 5.74) is 2.88. The van der Waals surface area contributed by atoms with Gasteiger partial charge in [0.2, 0.25) is 0 Å². The first-order valence-corrected chi connectivity index (χ1v) is 9.27. The highest BCUT2D eigenvalue weighted by molar-refractivity contribution is 7.71. The number of nitrogens with zero attached hydrogens (tertiary/aromatic N) is 3. The Balaban J connectivity index is 1.96. The fraction of sp³-hybridized carbons (Fsp3) is 0.300. The number of benzene rings is 2. The molecule has 0 aliphatic carbocycles. The van der Waals surface area contributed by atoms with Gasteiger partial charge in [0.15, 0.2) is 10.6 Å². The lowest BCUT2D eigenvalue weighted by atomic mass is 9.99. The minimum atomic E-state index is 0.172. The number of aromatic amines is 1. The molecule has 0 bridgehead atoms. The molecule has 8 heteroatoms. The molecular weight excluding hydrogens is 376 g/mol. The maximum Gasteiger partial charge on any atom is 0.200 e. The molecule has 1 heterocycles. The van der Waals surface area contributed by atoms with Crippen LogP contribution in [0.1, 0.15) is 36.7 Å². The molecule has 28 heavy (non-hydrogen) atoms. The lowest BCUT2D eigenvalue weighted by Gasteiger charge is -2.16. The van der Waals surface area contributed by atoms with Gasteiger partial charge in [0.05, 0.1) is 12.8 Å². The topological polar surface area (TPSA) is 81.5 Å². The van der Waals surface area contributed by atoms with Crippen LogP contribution in [0, 0.1) is 16.6 Å².